The molecule has 1 N–H and O–H groups in total. The molecule has 7 heteroatoms. The van der Waals surface area contributed by atoms with E-state index in [1.165, 1.54) is 0 Å². The van der Waals surface area contributed by atoms with Gasteiger partial charge in [0.05, 0.1) is 23.1 Å². The van der Waals surface area contributed by atoms with E-state index in [-0.39, 0.29) is 18.4 Å². The Bertz CT molecular complexity index is 944. The zero-order valence-electron chi connectivity index (χ0n) is 15.8. The number of hydrogen-bond acceptors (Lipinski definition) is 5. The summed E-state index contributed by atoms with van der Waals surface area (Å²) >= 11 is 0. The summed E-state index contributed by atoms with van der Waals surface area (Å²) in [7, 11) is 3.50. The number of carbonyl (C=O) groups excluding carboxylic acids is 1. The zero-order chi connectivity index (χ0) is 18.8. The standard InChI is InChI=1S/C19H24N6O/c1-12(2)17-18(13(3)6-8-20-17)22-19-14-7-9-25(11-16(26)24(4)5)15(14)10-21-23-19/h6-10,12H,11H2,1-5H3,(H,22,23). The smallest absolute Gasteiger partial charge is 0.241 e. The number of rotatable bonds is 5. The lowest BCUT2D eigenvalue weighted by Crippen LogP contribution is -2.25. The summed E-state index contributed by atoms with van der Waals surface area (Å²) in [5.74, 6) is 0.974. The molecule has 0 spiro atoms. The van der Waals surface area contributed by atoms with Crippen LogP contribution in [0.1, 0.15) is 31.0 Å². The lowest BCUT2D eigenvalue weighted by molar-refractivity contribution is -0.129. The van der Waals surface area contributed by atoms with Crippen molar-refractivity contribution in [1.82, 2.24) is 24.6 Å². The minimum Gasteiger partial charge on any atom is -0.347 e. The van der Waals surface area contributed by atoms with Gasteiger partial charge in [0.2, 0.25) is 5.91 Å². The van der Waals surface area contributed by atoms with Gasteiger partial charge in [-0.25, -0.2) is 0 Å². The number of fused-ring (bicyclic) bond motifs is 1. The molecule has 0 aliphatic rings. The van der Waals surface area contributed by atoms with Crippen LogP contribution in [0, 0.1) is 6.92 Å². The van der Waals surface area contributed by atoms with Crippen LogP contribution in [0.4, 0.5) is 11.5 Å². The summed E-state index contributed by atoms with van der Waals surface area (Å²) in [5.41, 5.74) is 3.92. The molecule has 0 fully saturated rings. The fourth-order valence-corrected chi connectivity index (χ4v) is 2.84. The predicted octanol–water partition coefficient (Wildman–Crippen LogP) is 3.09. The first kappa shape index (κ1) is 17.8. The molecule has 0 bridgehead atoms. The van der Waals surface area contributed by atoms with Crippen LogP contribution in [0.15, 0.2) is 30.7 Å². The van der Waals surface area contributed by atoms with Crippen molar-refractivity contribution in [2.75, 3.05) is 19.4 Å². The molecule has 0 atom stereocenters. The van der Waals surface area contributed by atoms with E-state index in [9.17, 15) is 4.79 Å². The molecule has 0 saturated carbocycles. The van der Waals surface area contributed by atoms with Crippen molar-refractivity contribution in [3.05, 3.63) is 42.0 Å². The monoisotopic (exact) mass is 352 g/mol. The molecule has 0 unspecified atom stereocenters. The predicted molar refractivity (Wildman–Crippen MR) is 103 cm³/mol. The van der Waals surface area contributed by atoms with Gasteiger partial charge in [0, 0.05) is 31.9 Å². The number of aromatic nitrogens is 4. The maximum atomic E-state index is 12.0. The fourth-order valence-electron chi connectivity index (χ4n) is 2.84. The van der Waals surface area contributed by atoms with Gasteiger partial charge >= 0.3 is 0 Å². The van der Waals surface area contributed by atoms with Crippen molar-refractivity contribution >= 4 is 28.3 Å². The Morgan fingerprint density at radius 1 is 1.31 bits per heavy atom. The van der Waals surface area contributed by atoms with E-state index in [1.54, 1.807) is 25.2 Å². The summed E-state index contributed by atoms with van der Waals surface area (Å²) in [4.78, 5) is 18.1. The van der Waals surface area contributed by atoms with Crippen LogP contribution >= 0.6 is 0 Å². The molecule has 1 amide bonds. The Labute approximate surface area is 153 Å². The average Bonchev–Trinajstić information content (AvgIpc) is 3.00. The molecular formula is C19H24N6O. The Kier molecular flexibility index (Phi) is 4.88. The van der Waals surface area contributed by atoms with Crippen LogP contribution in [0.3, 0.4) is 0 Å². The van der Waals surface area contributed by atoms with Gasteiger partial charge in [-0.1, -0.05) is 13.8 Å². The summed E-state index contributed by atoms with van der Waals surface area (Å²) in [5, 5.41) is 12.7. The molecule has 0 radical (unpaired) electrons. The van der Waals surface area contributed by atoms with Crippen LogP contribution in [-0.4, -0.2) is 44.7 Å². The molecule has 7 nitrogen and oxygen atoms in total. The van der Waals surface area contributed by atoms with Gasteiger partial charge in [-0.05, 0) is 30.5 Å². The van der Waals surface area contributed by atoms with E-state index in [0.717, 1.165) is 27.8 Å². The molecular weight excluding hydrogens is 328 g/mol. The number of carbonyl (C=O) groups is 1. The second-order valence-corrected chi connectivity index (χ2v) is 6.89. The van der Waals surface area contributed by atoms with Crippen LogP contribution < -0.4 is 5.32 Å². The molecule has 3 rings (SSSR count). The lowest BCUT2D eigenvalue weighted by atomic mass is 10.0. The second-order valence-electron chi connectivity index (χ2n) is 6.89. The van der Waals surface area contributed by atoms with E-state index >= 15 is 0 Å². The minimum absolute atomic E-state index is 0.0269. The van der Waals surface area contributed by atoms with E-state index in [2.05, 4.69) is 34.3 Å². The fraction of sp³-hybridized carbons (Fsp3) is 0.368. The van der Waals surface area contributed by atoms with Gasteiger partial charge < -0.3 is 14.8 Å². The zero-order valence-corrected chi connectivity index (χ0v) is 15.8. The number of nitrogens with zero attached hydrogens (tertiary/aromatic N) is 5. The van der Waals surface area contributed by atoms with Crippen molar-refractivity contribution in [2.24, 2.45) is 0 Å². The number of pyridine rings is 1. The average molecular weight is 352 g/mol. The first-order valence-electron chi connectivity index (χ1n) is 8.61. The quantitative estimate of drug-likeness (QED) is 0.764. The molecule has 3 heterocycles. The number of anilines is 2. The SMILES string of the molecule is Cc1ccnc(C(C)C)c1Nc1nncc2c1ccn2CC(=O)N(C)C. The molecule has 3 aromatic rings. The summed E-state index contributed by atoms with van der Waals surface area (Å²) in [6.45, 7) is 6.54. The molecule has 26 heavy (non-hydrogen) atoms. The van der Waals surface area contributed by atoms with Gasteiger partial charge in [0.25, 0.3) is 0 Å². The number of aryl methyl sites for hydroxylation is 1. The Hall–Kier alpha value is -2.96. The summed E-state index contributed by atoms with van der Waals surface area (Å²) in [6.07, 6.45) is 5.40. The molecule has 0 aromatic carbocycles. The molecule has 3 aromatic heterocycles. The van der Waals surface area contributed by atoms with Gasteiger partial charge in [-0.3, -0.25) is 9.78 Å². The van der Waals surface area contributed by atoms with E-state index in [1.807, 2.05) is 36.0 Å². The van der Waals surface area contributed by atoms with Gasteiger partial charge in [-0.2, -0.15) is 5.10 Å². The Morgan fingerprint density at radius 3 is 2.77 bits per heavy atom. The topological polar surface area (TPSA) is 75.9 Å². The summed E-state index contributed by atoms with van der Waals surface area (Å²) < 4.78 is 1.89. The second kappa shape index (κ2) is 7.11. The molecule has 0 saturated heterocycles. The van der Waals surface area contributed by atoms with Gasteiger partial charge in [0.1, 0.15) is 6.54 Å². The van der Waals surface area contributed by atoms with Crippen molar-refractivity contribution in [3.8, 4) is 0 Å². The van der Waals surface area contributed by atoms with Crippen molar-refractivity contribution in [2.45, 2.75) is 33.2 Å². The van der Waals surface area contributed by atoms with Gasteiger partial charge in [0.15, 0.2) is 5.82 Å². The van der Waals surface area contributed by atoms with Crippen molar-refractivity contribution in [1.29, 1.82) is 0 Å². The number of hydrogen-bond donors (Lipinski definition) is 1. The maximum Gasteiger partial charge on any atom is 0.241 e. The number of nitrogens with one attached hydrogen (secondary N) is 1. The van der Waals surface area contributed by atoms with Crippen LogP contribution in [0.25, 0.3) is 10.9 Å². The number of amides is 1. The maximum absolute atomic E-state index is 12.0. The Morgan fingerprint density at radius 2 is 2.08 bits per heavy atom. The van der Waals surface area contributed by atoms with Crippen LogP contribution in [0.5, 0.6) is 0 Å². The van der Waals surface area contributed by atoms with Crippen LogP contribution in [0.2, 0.25) is 0 Å². The highest BCUT2D eigenvalue weighted by Gasteiger charge is 2.15. The van der Waals surface area contributed by atoms with Crippen LogP contribution in [-0.2, 0) is 11.3 Å². The van der Waals surface area contributed by atoms with Crippen molar-refractivity contribution < 1.29 is 4.79 Å². The molecule has 0 aliphatic heterocycles. The normalized spacial score (nSPS) is 11.2. The van der Waals surface area contributed by atoms with Crippen molar-refractivity contribution in [3.63, 3.8) is 0 Å². The summed E-state index contributed by atoms with van der Waals surface area (Å²) in [6, 6.07) is 3.93. The highest BCUT2D eigenvalue weighted by atomic mass is 16.2. The van der Waals surface area contributed by atoms with E-state index in [0.29, 0.717) is 5.82 Å². The van der Waals surface area contributed by atoms with E-state index in [4.69, 9.17) is 0 Å². The largest absolute Gasteiger partial charge is 0.347 e. The first-order valence-corrected chi connectivity index (χ1v) is 8.61. The number of likely N-dealkylation sites (N-methyl/N-ethyl adjacent to an activating group) is 1. The highest BCUT2D eigenvalue weighted by molar-refractivity contribution is 5.92. The Balaban J connectivity index is 2.01. The lowest BCUT2D eigenvalue weighted by Gasteiger charge is -2.16. The third kappa shape index (κ3) is 3.37. The first-order chi connectivity index (χ1) is 12.4. The third-order valence-corrected chi connectivity index (χ3v) is 4.38. The van der Waals surface area contributed by atoms with E-state index < -0.39 is 0 Å². The molecule has 0 aliphatic carbocycles. The highest BCUT2D eigenvalue weighted by Crippen LogP contribution is 2.30. The third-order valence-electron chi connectivity index (χ3n) is 4.38. The van der Waals surface area contributed by atoms with Gasteiger partial charge in [-0.15, -0.1) is 5.10 Å². The minimum atomic E-state index is 0.0269. The molecule has 136 valence electrons.